The molecule has 0 aliphatic carbocycles. The maximum absolute atomic E-state index is 11.7. The van der Waals surface area contributed by atoms with E-state index < -0.39 is 5.60 Å². The van der Waals surface area contributed by atoms with Gasteiger partial charge in [-0.2, -0.15) is 4.98 Å². The van der Waals surface area contributed by atoms with Gasteiger partial charge in [0, 0.05) is 19.1 Å². The molecule has 1 aromatic rings. The van der Waals surface area contributed by atoms with E-state index in [0.29, 0.717) is 18.3 Å². The largest absolute Gasteiger partial charge is 0.444 e. The van der Waals surface area contributed by atoms with Crippen LogP contribution in [0.25, 0.3) is 0 Å². The molecule has 1 N–H and O–H groups in total. The SMILES string of the molecule is Cc1noc(CN2CCC(NC(=O)OC(C)(C)C)CC2)n1. The van der Waals surface area contributed by atoms with Crippen LogP contribution >= 0.6 is 0 Å². The highest BCUT2D eigenvalue weighted by Crippen LogP contribution is 2.14. The van der Waals surface area contributed by atoms with Gasteiger partial charge >= 0.3 is 6.09 Å². The molecule has 1 aromatic heterocycles. The number of piperidine rings is 1. The maximum Gasteiger partial charge on any atom is 0.407 e. The van der Waals surface area contributed by atoms with Crippen LogP contribution in [0.3, 0.4) is 0 Å². The lowest BCUT2D eigenvalue weighted by Gasteiger charge is -2.31. The molecule has 1 aliphatic rings. The smallest absolute Gasteiger partial charge is 0.407 e. The van der Waals surface area contributed by atoms with Gasteiger partial charge in [-0.05, 0) is 40.5 Å². The van der Waals surface area contributed by atoms with E-state index in [1.807, 2.05) is 27.7 Å². The first-order valence-corrected chi connectivity index (χ1v) is 7.33. The van der Waals surface area contributed by atoms with Crippen LogP contribution in [-0.2, 0) is 11.3 Å². The average molecular weight is 296 g/mol. The molecule has 1 saturated heterocycles. The first kappa shape index (κ1) is 15.8. The van der Waals surface area contributed by atoms with Gasteiger partial charge in [-0.3, -0.25) is 4.90 Å². The van der Waals surface area contributed by atoms with Crippen LogP contribution in [0.4, 0.5) is 4.79 Å². The fourth-order valence-corrected chi connectivity index (χ4v) is 2.31. The number of carbonyl (C=O) groups excluding carboxylic acids is 1. The Balaban J connectivity index is 1.72. The molecule has 0 radical (unpaired) electrons. The van der Waals surface area contributed by atoms with Gasteiger partial charge in [0.15, 0.2) is 5.82 Å². The summed E-state index contributed by atoms with van der Waals surface area (Å²) in [4.78, 5) is 18.2. The third kappa shape index (κ3) is 5.34. The molecule has 0 bridgehead atoms. The Kier molecular flexibility index (Phi) is 4.82. The summed E-state index contributed by atoms with van der Waals surface area (Å²) < 4.78 is 10.4. The Labute approximate surface area is 125 Å². The summed E-state index contributed by atoms with van der Waals surface area (Å²) in [6.45, 7) is 9.85. The molecule has 118 valence electrons. The molecular weight excluding hydrogens is 272 g/mol. The number of likely N-dealkylation sites (tertiary alicyclic amines) is 1. The Bertz CT molecular complexity index is 473. The summed E-state index contributed by atoms with van der Waals surface area (Å²) in [5, 5.41) is 6.71. The van der Waals surface area contributed by atoms with Gasteiger partial charge in [-0.25, -0.2) is 4.79 Å². The Morgan fingerprint density at radius 3 is 2.62 bits per heavy atom. The van der Waals surface area contributed by atoms with Gasteiger partial charge in [0.05, 0.1) is 6.54 Å². The summed E-state index contributed by atoms with van der Waals surface area (Å²) >= 11 is 0. The molecule has 2 rings (SSSR count). The second-order valence-electron chi connectivity index (χ2n) is 6.43. The van der Waals surface area contributed by atoms with E-state index >= 15 is 0 Å². The summed E-state index contributed by atoms with van der Waals surface area (Å²) in [5.41, 5.74) is -0.458. The van der Waals surface area contributed by atoms with Gasteiger partial charge < -0.3 is 14.6 Å². The minimum absolute atomic E-state index is 0.167. The number of ether oxygens (including phenoxy) is 1. The van der Waals surface area contributed by atoms with Gasteiger partial charge in [0.2, 0.25) is 5.89 Å². The van der Waals surface area contributed by atoms with Crippen molar-refractivity contribution in [2.45, 2.75) is 58.7 Å². The number of nitrogens with zero attached hydrogens (tertiary/aromatic N) is 3. The number of hydrogen-bond acceptors (Lipinski definition) is 6. The van der Waals surface area contributed by atoms with Crippen molar-refractivity contribution >= 4 is 6.09 Å². The molecule has 0 spiro atoms. The molecule has 1 amide bonds. The molecule has 7 nitrogen and oxygen atoms in total. The summed E-state index contributed by atoms with van der Waals surface area (Å²) in [5.74, 6) is 1.30. The third-order valence-corrected chi connectivity index (χ3v) is 3.24. The highest BCUT2D eigenvalue weighted by molar-refractivity contribution is 5.68. The van der Waals surface area contributed by atoms with Crippen LogP contribution in [0.1, 0.15) is 45.3 Å². The predicted molar refractivity (Wildman–Crippen MR) is 76.7 cm³/mol. The molecule has 2 heterocycles. The van der Waals surface area contributed by atoms with Crippen molar-refractivity contribution in [3.8, 4) is 0 Å². The third-order valence-electron chi connectivity index (χ3n) is 3.24. The molecule has 21 heavy (non-hydrogen) atoms. The zero-order valence-electron chi connectivity index (χ0n) is 13.2. The van der Waals surface area contributed by atoms with Crippen LogP contribution < -0.4 is 5.32 Å². The highest BCUT2D eigenvalue weighted by Gasteiger charge is 2.24. The van der Waals surface area contributed by atoms with E-state index in [-0.39, 0.29) is 12.1 Å². The minimum atomic E-state index is -0.458. The summed E-state index contributed by atoms with van der Waals surface area (Å²) in [6, 6.07) is 0.167. The van der Waals surface area contributed by atoms with E-state index in [1.54, 1.807) is 0 Å². The van der Waals surface area contributed by atoms with Crippen molar-refractivity contribution in [2.75, 3.05) is 13.1 Å². The summed E-state index contributed by atoms with van der Waals surface area (Å²) in [7, 11) is 0. The van der Waals surface area contributed by atoms with Crippen molar-refractivity contribution in [3.63, 3.8) is 0 Å². The zero-order valence-corrected chi connectivity index (χ0v) is 13.2. The lowest BCUT2D eigenvalue weighted by Crippen LogP contribution is -2.45. The number of carbonyl (C=O) groups is 1. The Morgan fingerprint density at radius 2 is 2.10 bits per heavy atom. The van der Waals surface area contributed by atoms with E-state index in [1.165, 1.54) is 0 Å². The molecule has 0 saturated carbocycles. The molecule has 0 unspecified atom stereocenters. The first-order valence-electron chi connectivity index (χ1n) is 7.33. The monoisotopic (exact) mass is 296 g/mol. The number of alkyl carbamates (subject to hydrolysis) is 1. The lowest BCUT2D eigenvalue weighted by atomic mass is 10.1. The first-order chi connectivity index (χ1) is 9.82. The quantitative estimate of drug-likeness (QED) is 0.917. The number of aryl methyl sites for hydroxylation is 1. The fraction of sp³-hybridized carbons (Fsp3) is 0.786. The molecule has 1 fully saturated rings. The molecular formula is C14H24N4O3. The van der Waals surface area contributed by atoms with Crippen LogP contribution in [-0.4, -0.2) is 45.9 Å². The highest BCUT2D eigenvalue weighted by atomic mass is 16.6. The van der Waals surface area contributed by atoms with E-state index in [4.69, 9.17) is 9.26 Å². The van der Waals surface area contributed by atoms with Crippen molar-refractivity contribution in [2.24, 2.45) is 0 Å². The number of hydrogen-bond donors (Lipinski definition) is 1. The summed E-state index contributed by atoms with van der Waals surface area (Å²) in [6.07, 6.45) is 1.45. The number of amides is 1. The molecule has 1 aliphatic heterocycles. The lowest BCUT2D eigenvalue weighted by molar-refractivity contribution is 0.0475. The van der Waals surface area contributed by atoms with Crippen LogP contribution in [0.5, 0.6) is 0 Å². The van der Waals surface area contributed by atoms with E-state index in [9.17, 15) is 4.79 Å². The second kappa shape index (κ2) is 6.43. The van der Waals surface area contributed by atoms with Gasteiger partial charge in [-0.1, -0.05) is 5.16 Å². The predicted octanol–water partition coefficient (Wildman–Crippen LogP) is 1.87. The van der Waals surface area contributed by atoms with Crippen LogP contribution in [0.15, 0.2) is 4.52 Å². The molecule has 0 atom stereocenters. The molecule has 7 heteroatoms. The fourth-order valence-electron chi connectivity index (χ4n) is 2.31. The van der Waals surface area contributed by atoms with Crippen molar-refractivity contribution in [1.29, 1.82) is 0 Å². The number of nitrogens with one attached hydrogen (secondary N) is 1. The van der Waals surface area contributed by atoms with Gasteiger partial charge in [0.25, 0.3) is 0 Å². The van der Waals surface area contributed by atoms with Gasteiger partial charge in [0.1, 0.15) is 5.60 Å². The second-order valence-corrected chi connectivity index (χ2v) is 6.43. The minimum Gasteiger partial charge on any atom is -0.444 e. The van der Waals surface area contributed by atoms with Gasteiger partial charge in [-0.15, -0.1) is 0 Å². The maximum atomic E-state index is 11.7. The standard InChI is InChI=1S/C14H24N4O3/c1-10-15-12(21-17-10)9-18-7-5-11(6-8-18)16-13(19)20-14(2,3)4/h11H,5-9H2,1-4H3,(H,16,19). The Morgan fingerprint density at radius 1 is 1.43 bits per heavy atom. The van der Waals surface area contributed by atoms with E-state index in [2.05, 4.69) is 20.4 Å². The Hall–Kier alpha value is -1.63. The van der Waals surface area contributed by atoms with Crippen molar-refractivity contribution < 1.29 is 14.1 Å². The van der Waals surface area contributed by atoms with Crippen LogP contribution in [0.2, 0.25) is 0 Å². The van der Waals surface area contributed by atoms with E-state index in [0.717, 1.165) is 25.9 Å². The average Bonchev–Trinajstić information content (AvgIpc) is 2.75. The normalized spacial score (nSPS) is 17.7. The van der Waals surface area contributed by atoms with Crippen molar-refractivity contribution in [1.82, 2.24) is 20.4 Å². The number of rotatable bonds is 3. The molecule has 0 aromatic carbocycles. The zero-order chi connectivity index (χ0) is 15.5. The van der Waals surface area contributed by atoms with Crippen molar-refractivity contribution in [3.05, 3.63) is 11.7 Å². The van der Waals surface area contributed by atoms with Crippen LogP contribution in [0, 0.1) is 6.92 Å². The number of aromatic nitrogens is 2. The topological polar surface area (TPSA) is 80.5 Å².